The van der Waals surface area contributed by atoms with E-state index in [0.717, 1.165) is 82.4 Å². The highest BCUT2D eigenvalue weighted by Gasteiger charge is 2.53. The summed E-state index contributed by atoms with van der Waals surface area (Å²) >= 11 is 0. The molecule has 0 spiro atoms. The van der Waals surface area contributed by atoms with Gasteiger partial charge in [0.25, 0.3) is 5.92 Å². The SMILES string of the molecule is CC1CC2CCC(C1)N2C(=O)C(NS(=O)(=O)c1ccc2cc(OC3CCCC3)ccc2c1)C(F)(F)c1ccc(OC2CCCCC2)cc1. The molecule has 258 valence electrons. The van der Waals surface area contributed by atoms with Crippen molar-refractivity contribution in [2.75, 3.05) is 0 Å². The molecule has 2 aliphatic heterocycles. The van der Waals surface area contributed by atoms with Gasteiger partial charge in [-0.3, -0.25) is 4.79 Å². The Kier molecular flexibility index (Phi) is 9.41. The van der Waals surface area contributed by atoms with Gasteiger partial charge in [0.05, 0.1) is 17.1 Å². The lowest BCUT2D eigenvalue weighted by Crippen LogP contribution is -2.59. The Balaban J connectivity index is 1.16. The van der Waals surface area contributed by atoms with E-state index in [1.54, 1.807) is 23.1 Å². The van der Waals surface area contributed by atoms with Gasteiger partial charge in [0.1, 0.15) is 11.5 Å². The number of alkyl halides is 2. The number of benzene rings is 3. The predicted molar refractivity (Wildman–Crippen MR) is 181 cm³/mol. The summed E-state index contributed by atoms with van der Waals surface area (Å²) < 4.78 is 75.4. The van der Waals surface area contributed by atoms with Gasteiger partial charge in [0.15, 0.2) is 6.04 Å². The molecule has 48 heavy (non-hydrogen) atoms. The minimum atomic E-state index is -4.54. The summed E-state index contributed by atoms with van der Waals surface area (Å²) in [7, 11) is -4.54. The highest BCUT2D eigenvalue weighted by molar-refractivity contribution is 7.89. The van der Waals surface area contributed by atoms with Gasteiger partial charge in [-0.1, -0.05) is 25.5 Å². The Labute approximate surface area is 282 Å². The molecule has 2 bridgehead atoms. The first kappa shape index (κ1) is 33.3. The second-order valence-electron chi connectivity index (χ2n) is 14.5. The van der Waals surface area contributed by atoms with E-state index in [4.69, 9.17) is 9.47 Å². The number of nitrogens with zero attached hydrogens (tertiary/aromatic N) is 1. The van der Waals surface area contributed by atoms with E-state index in [-0.39, 0.29) is 29.2 Å². The first-order valence-electron chi connectivity index (χ1n) is 17.8. The number of fused-ring (bicyclic) bond motifs is 3. The van der Waals surface area contributed by atoms with Crippen molar-refractivity contribution in [2.24, 2.45) is 5.92 Å². The van der Waals surface area contributed by atoms with E-state index < -0.39 is 33.5 Å². The second-order valence-corrected chi connectivity index (χ2v) is 16.2. The lowest BCUT2D eigenvalue weighted by molar-refractivity contribution is -0.149. The Bertz CT molecular complexity index is 1710. The minimum absolute atomic E-state index is 0.0524. The molecule has 1 amide bonds. The fourth-order valence-electron chi connectivity index (χ4n) is 8.40. The van der Waals surface area contributed by atoms with Gasteiger partial charge in [-0.2, -0.15) is 13.5 Å². The Morgan fingerprint density at radius 3 is 1.96 bits per heavy atom. The number of rotatable bonds is 10. The zero-order valence-corrected chi connectivity index (χ0v) is 28.4. The largest absolute Gasteiger partial charge is 0.490 e. The monoisotopic (exact) mass is 680 g/mol. The normalized spacial score (nSPS) is 24.6. The van der Waals surface area contributed by atoms with Gasteiger partial charge in [-0.05, 0) is 142 Å². The molecule has 7 rings (SSSR count). The van der Waals surface area contributed by atoms with Crippen molar-refractivity contribution in [2.45, 2.75) is 132 Å². The molecule has 0 radical (unpaired) electrons. The van der Waals surface area contributed by atoms with Gasteiger partial charge in [-0.25, -0.2) is 8.42 Å². The molecule has 2 saturated heterocycles. The molecule has 10 heteroatoms. The second kappa shape index (κ2) is 13.6. The van der Waals surface area contributed by atoms with Crippen molar-refractivity contribution in [1.29, 1.82) is 0 Å². The van der Waals surface area contributed by atoms with Crippen molar-refractivity contribution >= 4 is 26.7 Å². The summed E-state index contributed by atoms with van der Waals surface area (Å²) in [6.45, 7) is 2.11. The molecule has 2 saturated carbocycles. The van der Waals surface area contributed by atoms with Gasteiger partial charge in [0, 0.05) is 17.6 Å². The van der Waals surface area contributed by atoms with Crippen LogP contribution in [0.2, 0.25) is 0 Å². The van der Waals surface area contributed by atoms with Crippen LogP contribution in [0.15, 0.2) is 65.6 Å². The zero-order chi connectivity index (χ0) is 33.5. The molecule has 3 unspecified atom stereocenters. The van der Waals surface area contributed by atoms with E-state index >= 15 is 8.78 Å². The molecule has 7 nitrogen and oxygen atoms in total. The average molecular weight is 681 g/mol. The van der Waals surface area contributed by atoms with E-state index in [1.165, 1.54) is 42.8 Å². The van der Waals surface area contributed by atoms with Crippen molar-refractivity contribution in [3.63, 3.8) is 0 Å². The zero-order valence-electron chi connectivity index (χ0n) is 27.6. The number of ether oxygens (including phenoxy) is 2. The topological polar surface area (TPSA) is 84.9 Å². The summed E-state index contributed by atoms with van der Waals surface area (Å²) in [4.78, 5) is 15.6. The highest BCUT2D eigenvalue weighted by Crippen LogP contribution is 2.42. The minimum Gasteiger partial charge on any atom is -0.490 e. The van der Waals surface area contributed by atoms with Crippen LogP contribution < -0.4 is 14.2 Å². The van der Waals surface area contributed by atoms with Crippen LogP contribution in [0, 0.1) is 5.92 Å². The van der Waals surface area contributed by atoms with Crippen LogP contribution in [0.3, 0.4) is 0 Å². The standard InChI is InChI=1S/C38H46F2N2O5S/c1-25-21-29-15-16-30(22-25)42(29)37(43)36(38(39,40)28-13-18-33(19-14-28)46-31-7-3-2-4-8-31)41-48(44,45)35-20-12-26-23-34(17-11-27(26)24-35)47-32-9-5-6-10-32/h11-14,17-20,23-25,29-32,36,41H,2-10,15-16,21-22H2,1H3. The van der Waals surface area contributed by atoms with E-state index in [1.807, 2.05) is 6.07 Å². The Morgan fingerprint density at radius 2 is 1.31 bits per heavy atom. The molecular formula is C38H46F2N2O5S. The Hall–Kier alpha value is -3.24. The van der Waals surface area contributed by atoms with Crippen LogP contribution in [-0.2, 0) is 20.7 Å². The van der Waals surface area contributed by atoms with Crippen LogP contribution in [0.25, 0.3) is 10.8 Å². The fraction of sp³-hybridized carbons (Fsp3) is 0.553. The van der Waals surface area contributed by atoms with Crippen molar-refractivity contribution < 1.29 is 31.5 Å². The molecule has 4 aliphatic rings. The summed E-state index contributed by atoms with van der Waals surface area (Å²) in [5, 5.41) is 1.40. The first-order valence-corrected chi connectivity index (χ1v) is 19.2. The van der Waals surface area contributed by atoms with E-state index in [0.29, 0.717) is 22.8 Å². The van der Waals surface area contributed by atoms with E-state index in [9.17, 15) is 13.2 Å². The molecule has 0 aromatic heterocycles. The number of carbonyl (C=O) groups is 1. The average Bonchev–Trinajstić information content (AvgIpc) is 3.69. The first-order chi connectivity index (χ1) is 23.1. The number of nitrogens with one attached hydrogen (secondary N) is 1. The summed E-state index contributed by atoms with van der Waals surface area (Å²) in [5.41, 5.74) is -0.439. The molecule has 3 aromatic rings. The number of halogens is 2. The van der Waals surface area contributed by atoms with Crippen molar-refractivity contribution in [3.05, 3.63) is 66.2 Å². The number of piperidine rings is 1. The summed E-state index contributed by atoms with van der Waals surface area (Å²) in [6.07, 6.45) is 12.6. The molecule has 2 aliphatic carbocycles. The highest BCUT2D eigenvalue weighted by atomic mass is 32.2. The van der Waals surface area contributed by atoms with Crippen LogP contribution >= 0.6 is 0 Å². The molecule has 4 fully saturated rings. The molecule has 2 heterocycles. The van der Waals surface area contributed by atoms with Crippen LogP contribution in [0.4, 0.5) is 8.78 Å². The number of hydrogen-bond donors (Lipinski definition) is 1. The van der Waals surface area contributed by atoms with Gasteiger partial charge < -0.3 is 14.4 Å². The lowest BCUT2D eigenvalue weighted by atomic mass is 9.91. The molecular weight excluding hydrogens is 634 g/mol. The van der Waals surface area contributed by atoms with Gasteiger partial charge >= 0.3 is 0 Å². The molecule has 3 atom stereocenters. The van der Waals surface area contributed by atoms with Gasteiger partial charge in [-0.15, -0.1) is 0 Å². The summed E-state index contributed by atoms with van der Waals surface area (Å²) in [5.74, 6) is -3.13. The van der Waals surface area contributed by atoms with Gasteiger partial charge in [0.2, 0.25) is 15.9 Å². The van der Waals surface area contributed by atoms with Crippen molar-refractivity contribution in [3.8, 4) is 11.5 Å². The maximum atomic E-state index is 16.6. The number of carbonyl (C=O) groups excluding carboxylic acids is 1. The maximum absolute atomic E-state index is 16.6. The molecule has 1 N–H and O–H groups in total. The number of hydrogen-bond acceptors (Lipinski definition) is 5. The van der Waals surface area contributed by atoms with Crippen LogP contribution in [0.5, 0.6) is 11.5 Å². The van der Waals surface area contributed by atoms with Crippen LogP contribution in [-0.4, -0.2) is 49.6 Å². The van der Waals surface area contributed by atoms with Crippen molar-refractivity contribution in [1.82, 2.24) is 9.62 Å². The third-order valence-electron chi connectivity index (χ3n) is 10.9. The smallest absolute Gasteiger partial charge is 0.298 e. The number of sulfonamides is 1. The Morgan fingerprint density at radius 1 is 0.771 bits per heavy atom. The third-order valence-corrected chi connectivity index (χ3v) is 12.3. The number of amides is 1. The van der Waals surface area contributed by atoms with E-state index in [2.05, 4.69) is 11.6 Å². The molecule has 3 aromatic carbocycles. The quantitative estimate of drug-likeness (QED) is 0.234. The predicted octanol–water partition coefficient (Wildman–Crippen LogP) is 8.10. The summed E-state index contributed by atoms with van der Waals surface area (Å²) in [6, 6.07) is 12.8. The lowest BCUT2D eigenvalue weighted by Gasteiger charge is -2.41. The fourth-order valence-corrected chi connectivity index (χ4v) is 9.62. The maximum Gasteiger partial charge on any atom is 0.298 e. The van der Waals surface area contributed by atoms with Crippen LogP contribution in [0.1, 0.15) is 96.0 Å². The third kappa shape index (κ3) is 6.93.